The van der Waals surface area contributed by atoms with Gasteiger partial charge in [0.25, 0.3) is 0 Å². The van der Waals surface area contributed by atoms with Crippen molar-refractivity contribution in [1.29, 1.82) is 0 Å². The first kappa shape index (κ1) is 20.8. The van der Waals surface area contributed by atoms with Crippen molar-refractivity contribution in [3.05, 3.63) is 53.6 Å². The summed E-state index contributed by atoms with van der Waals surface area (Å²) in [5.41, 5.74) is 0.998. The molecule has 2 rings (SSSR count). The lowest BCUT2D eigenvalue weighted by Gasteiger charge is -2.18. The van der Waals surface area contributed by atoms with Gasteiger partial charge in [-0.25, -0.2) is 0 Å². The number of halogens is 3. The van der Waals surface area contributed by atoms with Crippen LogP contribution in [0, 0.1) is 5.92 Å². The molecular weight excluding hydrogens is 357 g/mol. The number of benzene rings is 2. The van der Waals surface area contributed by atoms with Gasteiger partial charge in [0.05, 0.1) is 18.1 Å². The van der Waals surface area contributed by atoms with E-state index in [-0.39, 0.29) is 5.92 Å². The first-order valence-electron chi connectivity index (χ1n) is 8.80. The van der Waals surface area contributed by atoms with Crippen molar-refractivity contribution < 1.29 is 27.8 Å². The number of carbonyl (C=O) groups is 1. The van der Waals surface area contributed by atoms with E-state index in [2.05, 4.69) is 0 Å². The minimum atomic E-state index is -4.41. The van der Waals surface area contributed by atoms with E-state index in [0.717, 1.165) is 12.1 Å². The van der Waals surface area contributed by atoms with Crippen LogP contribution >= 0.6 is 0 Å². The second kappa shape index (κ2) is 8.46. The van der Waals surface area contributed by atoms with Gasteiger partial charge >= 0.3 is 12.1 Å². The lowest BCUT2D eigenvalue weighted by Crippen LogP contribution is -2.14. The quantitative estimate of drug-likeness (QED) is 0.642. The van der Waals surface area contributed by atoms with Gasteiger partial charge in [-0.2, -0.15) is 13.2 Å². The number of rotatable bonds is 7. The number of hydrogen-bond acceptors (Lipinski definition) is 2. The van der Waals surface area contributed by atoms with Crippen LogP contribution in [0.15, 0.2) is 42.5 Å². The Labute approximate surface area is 156 Å². The maximum atomic E-state index is 12.8. The van der Waals surface area contributed by atoms with Gasteiger partial charge in [0.2, 0.25) is 0 Å². The zero-order chi connectivity index (χ0) is 20.2. The summed E-state index contributed by atoms with van der Waals surface area (Å²) < 4.78 is 44.0. The van der Waals surface area contributed by atoms with E-state index in [1.807, 2.05) is 20.8 Å². The number of ether oxygens (including phenoxy) is 1. The SMILES string of the molecule is CCOc1ccc(C(CC(C)C)C(=O)O)cc1-c1ccc(C(F)(F)F)cc1. The van der Waals surface area contributed by atoms with Crippen molar-refractivity contribution in [1.82, 2.24) is 0 Å². The molecule has 27 heavy (non-hydrogen) atoms. The highest BCUT2D eigenvalue weighted by Gasteiger charge is 2.30. The van der Waals surface area contributed by atoms with E-state index in [1.54, 1.807) is 18.2 Å². The van der Waals surface area contributed by atoms with Crippen LogP contribution in [0.3, 0.4) is 0 Å². The van der Waals surface area contributed by atoms with Gasteiger partial charge in [0, 0.05) is 5.56 Å². The maximum Gasteiger partial charge on any atom is 0.416 e. The molecule has 146 valence electrons. The Hall–Kier alpha value is -2.50. The Kier molecular flexibility index (Phi) is 6.52. The molecular formula is C21H23F3O3. The third kappa shape index (κ3) is 5.25. The molecule has 2 aromatic rings. The fourth-order valence-electron chi connectivity index (χ4n) is 2.96. The van der Waals surface area contributed by atoms with Crippen molar-refractivity contribution in [3.8, 4) is 16.9 Å². The smallest absolute Gasteiger partial charge is 0.416 e. The van der Waals surface area contributed by atoms with E-state index in [0.29, 0.717) is 35.5 Å². The molecule has 1 N–H and O–H groups in total. The number of aliphatic carboxylic acids is 1. The van der Waals surface area contributed by atoms with Crippen molar-refractivity contribution in [3.63, 3.8) is 0 Å². The zero-order valence-corrected chi connectivity index (χ0v) is 15.5. The highest BCUT2D eigenvalue weighted by Crippen LogP contribution is 2.37. The third-order valence-corrected chi connectivity index (χ3v) is 4.23. The van der Waals surface area contributed by atoms with Gasteiger partial charge in [-0.05, 0) is 54.7 Å². The van der Waals surface area contributed by atoms with Gasteiger partial charge in [-0.15, -0.1) is 0 Å². The van der Waals surface area contributed by atoms with Gasteiger partial charge in [-0.3, -0.25) is 4.79 Å². The van der Waals surface area contributed by atoms with Crippen LogP contribution in [0.1, 0.15) is 44.2 Å². The van der Waals surface area contributed by atoms with Crippen molar-refractivity contribution in [2.24, 2.45) is 5.92 Å². The Balaban J connectivity index is 2.51. The molecule has 0 bridgehead atoms. The summed E-state index contributed by atoms with van der Waals surface area (Å²) in [6, 6.07) is 9.88. The molecule has 0 amide bonds. The number of carboxylic acids is 1. The predicted octanol–water partition coefficient (Wildman–Crippen LogP) is 5.99. The summed E-state index contributed by atoms with van der Waals surface area (Å²) >= 11 is 0. The van der Waals surface area contributed by atoms with E-state index < -0.39 is 23.6 Å². The molecule has 0 heterocycles. The molecule has 0 saturated heterocycles. The van der Waals surface area contributed by atoms with Crippen LogP contribution in [-0.4, -0.2) is 17.7 Å². The summed E-state index contributed by atoms with van der Waals surface area (Å²) in [5.74, 6) is -0.915. The molecule has 0 spiro atoms. The average molecular weight is 380 g/mol. The topological polar surface area (TPSA) is 46.5 Å². The molecule has 0 aliphatic heterocycles. The van der Waals surface area contributed by atoms with Gasteiger partial charge in [0.1, 0.15) is 5.75 Å². The van der Waals surface area contributed by atoms with Crippen molar-refractivity contribution in [2.75, 3.05) is 6.61 Å². The Bertz CT molecular complexity index is 780. The van der Waals surface area contributed by atoms with Crippen LogP contribution in [0.25, 0.3) is 11.1 Å². The van der Waals surface area contributed by atoms with Gasteiger partial charge < -0.3 is 9.84 Å². The molecule has 1 atom stereocenters. The van der Waals surface area contributed by atoms with E-state index in [4.69, 9.17) is 4.74 Å². The van der Waals surface area contributed by atoms with Crippen LogP contribution in [0.5, 0.6) is 5.75 Å². The van der Waals surface area contributed by atoms with Crippen LogP contribution < -0.4 is 4.74 Å². The van der Waals surface area contributed by atoms with Crippen molar-refractivity contribution in [2.45, 2.75) is 39.3 Å². The van der Waals surface area contributed by atoms with E-state index in [9.17, 15) is 23.1 Å². The predicted molar refractivity (Wildman–Crippen MR) is 97.9 cm³/mol. The molecule has 0 radical (unpaired) electrons. The van der Waals surface area contributed by atoms with Crippen molar-refractivity contribution >= 4 is 5.97 Å². The Morgan fingerprint density at radius 1 is 1.11 bits per heavy atom. The van der Waals surface area contributed by atoms with Gasteiger partial charge in [-0.1, -0.05) is 32.0 Å². The largest absolute Gasteiger partial charge is 0.493 e. The maximum absolute atomic E-state index is 12.8. The fourth-order valence-corrected chi connectivity index (χ4v) is 2.96. The molecule has 1 unspecified atom stereocenters. The highest BCUT2D eigenvalue weighted by atomic mass is 19.4. The molecule has 0 aliphatic rings. The lowest BCUT2D eigenvalue weighted by molar-refractivity contribution is -0.139. The Morgan fingerprint density at radius 2 is 1.74 bits per heavy atom. The fraction of sp³-hybridized carbons (Fsp3) is 0.381. The summed E-state index contributed by atoms with van der Waals surface area (Å²) in [7, 11) is 0. The molecule has 3 nitrogen and oxygen atoms in total. The molecule has 0 saturated carbocycles. The minimum Gasteiger partial charge on any atom is -0.493 e. The standard InChI is InChI=1S/C21H23F3O3/c1-4-27-19-10-7-15(18(20(25)26)11-13(2)3)12-17(19)14-5-8-16(9-6-14)21(22,23)24/h5-10,12-13,18H,4,11H2,1-3H3,(H,25,26). The normalized spacial score (nSPS) is 12.9. The zero-order valence-electron chi connectivity index (χ0n) is 15.5. The van der Waals surface area contributed by atoms with Gasteiger partial charge in [0.15, 0.2) is 0 Å². The number of alkyl halides is 3. The summed E-state index contributed by atoms with van der Waals surface area (Å²) in [6.45, 7) is 6.09. The summed E-state index contributed by atoms with van der Waals surface area (Å²) in [4.78, 5) is 11.7. The first-order valence-corrected chi connectivity index (χ1v) is 8.80. The molecule has 2 aromatic carbocycles. The van der Waals surface area contributed by atoms with Crippen LogP contribution in [-0.2, 0) is 11.0 Å². The monoisotopic (exact) mass is 380 g/mol. The number of hydrogen-bond donors (Lipinski definition) is 1. The first-order chi connectivity index (χ1) is 12.6. The van der Waals surface area contributed by atoms with E-state index >= 15 is 0 Å². The molecule has 0 aromatic heterocycles. The molecule has 0 aliphatic carbocycles. The summed E-state index contributed by atoms with van der Waals surface area (Å²) in [6.07, 6.45) is -3.94. The number of carboxylic acid groups (broad SMARTS) is 1. The molecule has 0 fully saturated rings. The van der Waals surface area contributed by atoms with Crippen LogP contribution in [0.2, 0.25) is 0 Å². The van der Waals surface area contributed by atoms with Crippen LogP contribution in [0.4, 0.5) is 13.2 Å². The molecule has 6 heteroatoms. The summed E-state index contributed by atoms with van der Waals surface area (Å²) in [5, 5.41) is 9.58. The lowest BCUT2D eigenvalue weighted by atomic mass is 9.88. The minimum absolute atomic E-state index is 0.187. The Morgan fingerprint density at radius 3 is 2.22 bits per heavy atom. The average Bonchev–Trinajstić information content (AvgIpc) is 2.59. The second-order valence-corrected chi connectivity index (χ2v) is 6.78. The second-order valence-electron chi connectivity index (χ2n) is 6.78. The third-order valence-electron chi connectivity index (χ3n) is 4.23. The van der Waals surface area contributed by atoms with E-state index in [1.165, 1.54) is 12.1 Å². The highest BCUT2D eigenvalue weighted by molar-refractivity contribution is 5.79.